The van der Waals surface area contributed by atoms with Crippen LogP contribution in [0, 0.1) is 0 Å². The average Bonchev–Trinajstić information content (AvgIpc) is 2.23. The second-order valence-electron chi connectivity index (χ2n) is 4.89. The highest BCUT2D eigenvalue weighted by molar-refractivity contribution is 7.79. The topological polar surface area (TPSA) is 102 Å². The summed E-state index contributed by atoms with van der Waals surface area (Å²) in [6.45, 7) is 5.11. The van der Waals surface area contributed by atoms with Crippen LogP contribution < -0.4 is 5.32 Å². The van der Waals surface area contributed by atoms with E-state index in [1.54, 1.807) is 20.8 Å². The molecule has 1 amide bonds. The van der Waals surface area contributed by atoms with Crippen LogP contribution in [0.1, 0.15) is 33.6 Å². The maximum Gasteiger partial charge on any atom is 0.408 e. The van der Waals surface area contributed by atoms with Gasteiger partial charge >= 0.3 is 12.1 Å². The Morgan fingerprint density at radius 3 is 2.37 bits per heavy atom. The lowest BCUT2D eigenvalue weighted by Gasteiger charge is -2.22. The van der Waals surface area contributed by atoms with E-state index in [-0.39, 0.29) is 12.2 Å². The summed E-state index contributed by atoms with van der Waals surface area (Å²) >= 11 is -1.92. The molecule has 0 aromatic carbocycles. The van der Waals surface area contributed by atoms with Gasteiger partial charge in [0, 0.05) is 5.75 Å². The van der Waals surface area contributed by atoms with Crippen molar-refractivity contribution in [1.82, 2.24) is 5.32 Å². The van der Waals surface area contributed by atoms with Crippen LogP contribution in [0.3, 0.4) is 0 Å². The van der Waals surface area contributed by atoms with E-state index in [1.807, 2.05) is 0 Å². The van der Waals surface area contributed by atoms with Crippen molar-refractivity contribution in [2.24, 2.45) is 0 Å². The van der Waals surface area contributed by atoms with Gasteiger partial charge in [-0.25, -0.2) is 13.8 Å². The van der Waals surface area contributed by atoms with E-state index in [1.165, 1.54) is 7.11 Å². The Labute approximate surface area is 115 Å². The number of hydrogen-bond acceptors (Lipinski definition) is 5. The lowest BCUT2D eigenvalue weighted by Crippen LogP contribution is -2.44. The van der Waals surface area contributed by atoms with Crippen LogP contribution >= 0.6 is 0 Å². The second-order valence-corrected chi connectivity index (χ2v) is 5.94. The average molecular weight is 295 g/mol. The van der Waals surface area contributed by atoms with Crippen LogP contribution in [0.15, 0.2) is 0 Å². The smallest absolute Gasteiger partial charge is 0.408 e. The van der Waals surface area contributed by atoms with Gasteiger partial charge in [0.05, 0.1) is 7.11 Å². The molecule has 0 aromatic heterocycles. The van der Waals surface area contributed by atoms with Crippen LogP contribution in [0.25, 0.3) is 0 Å². The third-order valence-electron chi connectivity index (χ3n) is 1.99. The van der Waals surface area contributed by atoms with Crippen LogP contribution in [-0.2, 0) is 25.3 Å². The summed E-state index contributed by atoms with van der Waals surface area (Å²) in [7, 11) is 1.20. The minimum atomic E-state index is -1.92. The first-order valence-corrected chi connectivity index (χ1v) is 7.08. The van der Waals surface area contributed by atoms with Gasteiger partial charge in [0.15, 0.2) is 11.1 Å². The number of methoxy groups -OCH3 is 1. The molecule has 112 valence electrons. The van der Waals surface area contributed by atoms with Gasteiger partial charge in [-0.05, 0) is 33.6 Å². The molecule has 19 heavy (non-hydrogen) atoms. The van der Waals surface area contributed by atoms with Gasteiger partial charge in [-0.3, -0.25) is 0 Å². The fraction of sp³-hybridized carbons (Fsp3) is 0.818. The second kappa shape index (κ2) is 8.11. The van der Waals surface area contributed by atoms with E-state index < -0.39 is 34.8 Å². The minimum absolute atomic E-state index is 0.0312. The lowest BCUT2D eigenvalue weighted by atomic mass is 10.1. The van der Waals surface area contributed by atoms with E-state index in [2.05, 4.69) is 10.1 Å². The summed E-state index contributed by atoms with van der Waals surface area (Å²) in [5.74, 6) is -0.585. The first-order chi connectivity index (χ1) is 8.65. The number of ether oxygens (including phenoxy) is 2. The predicted octanol–water partition coefficient (Wildman–Crippen LogP) is 1.05. The van der Waals surface area contributed by atoms with E-state index in [0.29, 0.717) is 6.42 Å². The van der Waals surface area contributed by atoms with Crippen molar-refractivity contribution in [3.63, 3.8) is 0 Å². The van der Waals surface area contributed by atoms with Gasteiger partial charge in [0.25, 0.3) is 0 Å². The summed E-state index contributed by atoms with van der Waals surface area (Å²) in [5.41, 5.74) is -0.669. The summed E-state index contributed by atoms with van der Waals surface area (Å²) in [5, 5.41) is 2.38. The molecular weight excluding hydrogens is 274 g/mol. The van der Waals surface area contributed by atoms with Crippen molar-refractivity contribution in [2.75, 3.05) is 12.9 Å². The molecule has 0 saturated carbocycles. The zero-order valence-electron chi connectivity index (χ0n) is 11.6. The quantitative estimate of drug-likeness (QED) is 0.561. The molecule has 0 bridgehead atoms. The van der Waals surface area contributed by atoms with E-state index in [0.717, 1.165) is 0 Å². The highest BCUT2D eigenvalue weighted by Crippen LogP contribution is 2.08. The highest BCUT2D eigenvalue weighted by atomic mass is 32.2. The Morgan fingerprint density at radius 2 is 1.95 bits per heavy atom. The fourth-order valence-electron chi connectivity index (χ4n) is 1.25. The number of carbonyl (C=O) groups excluding carboxylic acids is 2. The molecule has 0 saturated heterocycles. The van der Waals surface area contributed by atoms with Crippen molar-refractivity contribution in [2.45, 2.75) is 45.3 Å². The number of carbonyl (C=O) groups is 2. The van der Waals surface area contributed by atoms with Crippen molar-refractivity contribution < 1.29 is 27.8 Å². The minimum Gasteiger partial charge on any atom is -0.467 e. The van der Waals surface area contributed by atoms with Crippen molar-refractivity contribution in [3.05, 3.63) is 0 Å². The van der Waals surface area contributed by atoms with Gasteiger partial charge in [0.1, 0.15) is 11.6 Å². The molecule has 2 atom stereocenters. The van der Waals surface area contributed by atoms with E-state index in [9.17, 15) is 13.8 Å². The molecule has 1 unspecified atom stereocenters. The van der Waals surface area contributed by atoms with E-state index >= 15 is 0 Å². The van der Waals surface area contributed by atoms with Crippen molar-refractivity contribution >= 4 is 23.1 Å². The van der Waals surface area contributed by atoms with Crippen LogP contribution in [0.5, 0.6) is 0 Å². The van der Waals surface area contributed by atoms with Gasteiger partial charge in [-0.15, -0.1) is 0 Å². The maximum atomic E-state index is 11.5. The monoisotopic (exact) mass is 295 g/mol. The van der Waals surface area contributed by atoms with Gasteiger partial charge in [-0.2, -0.15) is 0 Å². The summed E-state index contributed by atoms with van der Waals surface area (Å²) in [6, 6.07) is -0.886. The molecule has 0 aliphatic carbocycles. The molecule has 8 heteroatoms. The molecule has 7 nitrogen and oxygen atoms in total. The summed E-state index contributed by atoms with van der Waals surface area (Å²) in [4.78, 5) is 23.0. The predicted molar refractivity (Wildman–Crippen MR) is 70.0 cm³/mol. The lowest BCUT2D eigenvalue weighted by molar-refractivity contribution is -0.143. The number of hydrogen-bond donors (Lipinski definition) is 2. The number of amides is 1. The van der Waals surface area contributed by atoms with Gasteiger partial charge in [-0.1, -0.05) is 0 Å². The molecule has 0 aliphatic rings. The molecule has 0 fully saturated rings. The fourth-order valence-corrected chi connectivity index (χ4v) is 1.67. The first kappa shape index (κ1) is 17.8. The zero-order valence-corrected chi connectivity index (χ0v) is 12.4. The Bertz CT molecular complexity index is 339. The molecular formula is C11H21NO6S. The highest BCUT2D eigenvalue weighted by Gasteiger charge is 2.24. The Hall–Kier alpha value is -1.15. The first-order valence-electron chi connectivity index (χ1n) is 5.80. The van der Waals surface area contributed by atoms with Crippen LogP contribution in [0.2, 0.25) is 0 Å². The molecule has 0 rings (SSSR count). The molecule has 0 aromatic rings. The van der Waals surface area contributed by atoms with E-state index in [4.69, 9.17) is 9.29 Å². The molecule has 0 heterocycles. The van der Waals surface area contributed by atoms with Gasteiger partial charge in [0.2, 0.25) is 0 Å². The largest absolute Gasteiger partial charge is 0.467 e. The summed E-state index contributed by atoms with van der Waals surface area (Å²) in [6.07, 6.45) is -0.218. The Morgan fingerprint density at radius 1 is 1.37 bits per heavy atom. The molecule has 0 radical (unpaired) electrons. The van der Waals surface area contributed by atoms with Crippen LogP contribution in [-0.4, -0.2) is 45.3 Å². The number of esters is 1. The Balaban J connectivity index is 4.39. The zero-order chi connectivity index (χ0) is 15.1. The SMILES string of the molecule is COC(=O)[C@H](CCCS(=O)O)NC(=O)OC(C)(C)C. The van der Waals surface area contributed by atoms with Gasteiger partial charge < -0.3 is 19.3 Å². The van der Waals surface area contributed by atoms with Crippen molar-refractivity contribution in [3.8, 4) is 0 Å². The third-order valence-corrected chi connectivity index (χ3v) is 2.63. The molecule has 2 N–H and O–H groups in total. The summed E-state index contributed by atoms with van der Waals surface area (Å²) < 4.78 is 28.7. The Kier molecular flexibility index (Phi) is 7.62. The maximum absolute atomic E-state index is 11.5. The number of alkyl carbamates (subject to hydrolysis) is 1. The third kappa shape index (κ3) is 9.43. The normalized spacial score (nSPS) is 14.4. The van der Waals surface area contributed by atoms with Crippen molar-refractivity contribution in [1.29, 1.82) is 0 Å². The number of rotatable bonds is 6. The van der Waals surface area contributed by atoms with Crippen LogP contribution in [0.4, 0.5) is 4.79 Å². The standard InChI is InChI=1S/C11H21NO6S/c1-11(2,3)18-10(14)12-8(9(13)17-4)6-5-7-19(15)16/h8H,5-7H2,1-4H3,(H,12,14)(H,15,16)/t8-/m0/s1. The molecule has 0 spiro atoms. The molecule has 0 aliphatic heterocycles. The number of nitrogens with one attached hydrogen (secondary N) is 1.